The normalized spacial score (nSPS) is 25.6. The molecule has 1 aromatic rings. The Hall–Kier alpha value is -1.04. The highest BCUT2D eigenvalue weighted by atomic mass is 32.2. The molecule has 0 bridgehead atoms. The predicted octanol–water partition coefficient (Wildman–Crippen LogP) is 3.88. The summed E-state index contributed by atoms with van der Waals surface area (Å²) in [6, 6.07) is 0.863. The van der Waals surface area contributed by atoms with Crippen LogP contribution in [0.25, 0.3) is 0 Å². The third-order valence-corrected chi connectivity index (χ3v) is 6.51. The summed E-state index contributed by atoms with van der Waals surface area (Å²) >= 11 is 1.54. The average molecular weight is 351 g/mol. The zero-order chi connectivity index (χ0) is 16.9. The van der Waals surface area contributed by atoms with Crippen LogP contribution in [0.15, 0.2) is 5.16 Å². The molecule has 0 aromatic carbocycles. The second-order valence-electron chi connectivity index (χ2n) is 7.42. The number of thioether (sulfide) groups is 1. The van der Waals surface area contributed by atoms with Gasteiger partial charge in [-0.2, -0.15) is 0 Å². The smallest absolute Gasteiger partial charge is 0.230 e. The number of nitrogens with one attached hydrogen (secondary N) is 1. The Morgan fingerprint density at radius 3 is 2.58 bits per heavy atom. The van der Waals surface area contributed by atoms with E-state index in [2.05, 4.69) is 27.0 Å². The maximum Gasteiger partial charge on any atom is 0.230 e. The van der Waals surface area contributed by atoms with Gasteiger partial charge in [0.15, 0.2) is 5.16 Å². The first-order chi connectivity index (χ1) is 11.6. The van der Waals surface area contributed by atoms with Crippen molar-refractivity contribution in [1.29, 1.82) is 0 Å². The molecule has 1 aromatic heterocycles. The lowest BCUT2D eigenvalue weighted by molar-refractivity contribution is -0.119. The number of carbonyl (C=O) groups excluding carboxylic acids is 1. The Kier molecular flexibility index (Phi) is 6.19. The van der Waals surface area contributed by atoms with Crippen molar-refractivity contribution < 1.29 is 4.79 Å². The van der Waals surface area contributed by atoms with E-state index in [9.17, 15) is 4.79 Å². The van der Waals surface area contributed by atoms with Gasteiger partial charge in [-0.25, -0.2) is 0 Å². The van der Waals surface area contributed by atoms with Crippen LogP contribution in [-0.2, 0) is 4.79 Å². The number of amides is 1. The lowest BCUT2D eigenvalue weighted by Gasteiger charge is -2.29. The van der Waals surface area contributed by atoms with Crippen LogP contribution in [0, 0.1) is 12.8 Å². The molecule has 1 N–H and O–H groups in total. The van der Waals surface area contributed by atoms with Crippen LogP contribution >= 0.6 is 11.8 Å². The van der Waals surface area contributed by atoms with Crippen LogP contribution in [0.2, 0.25) is 0 Å². The molecular weight excluding hydrogens is 320 g/mol. The quantitative estimate of drug-likeness (QED) is 0.819. The van der Waals surface area contributed by atoms with Crippen LogP contribution < -0.4 is 5.32 Å². The SMILES string of the molecule is Cc1nnc(SCC(=O)N[C@H]2CCCC[C@@H]2C)n1C1CCCCC1. The van der Waals surface area contributed by atoms with Crippen molar-refractivity contribution in [3.8, 4) is 0 Å². The molecule has 2 atom stereocenters. The molecule has 134 valence electrons. The van der Waals surface area contributed by atoms with Gasteiger partial charge >= 0.3 is 0 Å². The number of carbonyl (C=O) groups is 1. The molecule has 0 aliphatic heterocycles. The molecule has 24 heavy (non-hydrogen) atoms. The van der Waals surface area contributed by atoms with Gasteiger partial charge in [-0.1, -0.05) is 50.8 Å². The largest absolute Gasteiger partial charge is 0.352 e. The fourth-order valence-corrected chi connectivity index (χ4v) is 4.98. The van der Waals surface area contributed by atoms with Gasteiger partial charge in [0.25, 0.3) is 0 Å². The molecule has 1 amide bonds. The van der Waals surface area contributed by atoms with Gasteiger partial charge in [-0.3, -0.25) is 4.79 Å². The Morgan fingerprint density at radius 1 is 1.12 bits per heavy atom. The topological polar surface area (TPSA) is 59.8 Å². The van der Waals surface area contributed by atoms with Gasteiger partial charge in [-0.15, -0.1) is 10.2 Å². The highest BCUT2D eigenvalue weighted by Gasteiger charge is 2.24. The van der Waals surface area contributed by atoms with Crippen molar-refractivity contribution in [3.63, 3.8) is 0 Å². The van der Waals surface area contributed by atoms with Crippen LogP contribution in [0.5, 0.6) is 0 Å². The second kappa shape index (κ2) is 8.37. The number of aryl methyl sites for hydroxylation is 1. The molecule has 1 heterocycles. The minimum atomic E-state index is 0.134. The van der Waals surface area contributed by atoms with Gasteiger partial charge in [0.05, 0.1) is 5.75 Å². The second-order valence-corrected chi connectivity index (χ2v) is 8.36. The summed E-state index contributed by atoms with van der Waals surface area (Å²) in [4.78, 5) is 12.3. The number of nitrogens with zero attached hydrogens (tertiary/aromatic N) is 3. The van der Waals surface area contributed by atoms with E-state index in [0.717, 1.165) is 17.4 Å². The number of hydrogen-bond acceptors (Lipinski definition) is 4. The zero-order valence-corrected chi connectivity index (χ0v) is 15.8. The van der Waals surface area contributed by atoms with E-state index in [0.29, 0.717) is 23.8 Å². The lowest BCUT2D eigenvalue weighted by atomic mass is 9.86. The van der Waals surface area contributed by atoms with Gasteiger partial charge in [0.1, 0.15) is 5.82 Å². The molecule has 0 radical (unpaired) electrons. The Bertz CT molecular complexity index is 553. The van der Waals surface area contributed by atoms with Crippen molar-refractivity contribution in [2.45, 2.75) is 88.9 Å². The highest BCUT2D eigenvalue weighted by molar-refractivity contribution is 7.99. The molecule has 2 saturated carbocycles. The lowest BCUT2D eigenvalue weighted by Crippen LogP contribution is -2.41. The van der Waals surface area contributed by atoms with Crippen molar-refractivity contribution in [2.75, 3.05) is 5.75 Å². The van der Waals surface area contributed by atoms with Crippen LogP contribution in [0.4, 0.5) is 0 Å². The van der Waals surface area contributed by atoms with Crippen LogP contribution in [-0.4, -0.2) is 32.5 Å². The fourth-order valence-electron chi connectivity index (χ4n) is 4.12. The highest BCUT2D eigenvalue weighted by Crippen LogP contribution is 2.32. The minimum Gasteiger partial charge on any atom is -0.352 e. The Morgan fingerprint density at radius 2 is 1.83 bits per heavy atom. The predicted molar refractivity (Wildman–Crippen MR) is 97.2 cm³/mol. The maximum atomic E-state index is 12.3. The minimum absolute atomic E-state index is 0.134. The first kappa shape index (κ1) is 17.8. The van der Waals surface area contributed by atoms with E-state index in [-0.39, 0.29) is 5.91 Å². The van der Waals surface area contributed by atoms with Gasteiger partial charge < -0.3 is 9.88 Å². The molecule has 2 aliphatic carbocycles. The summed E-state index contributed by atoms with van der Waals surface area (Å²) in [6.45, 7) is 4.27. The molecule has 6 heteroatoms. The third-order valence-electron chi connectivity index (χ3n) is 5.57. The first-order valence-electron chi connectivity index (χ1n) is 9.49. The van der Waals surface area contributed by atoms with Gasteiger partial charge in [-0.05, 0) is 38.5 Å². The number of hydrogen-bond donors (Lipinski definition) is 1. The van der Waals surface area contributed by atoms with E-state index >= 15 is 0 Å². The summed E-state index contributed by atoms with van der Waals surface area (Å²) in [6.07, 6.45) is 11.2. The Balaban J connectivity index is 1.55. The van der Waals surface area contributed by atoms with Gasteiger partial charge in [0, 0.05) is 12.1 Å². The molecule has 5 nitrogen and oxygen atoms in total. The van der Waals surface area contributed by atoms with Crippen molar-refractivity contribution in [1.82, 2.24) is 20.1 Å². The van der Waals surface area contributed by atoms with Crippen molar-refractivity contribution >= 4 is 17.7 Å². The fraction of sp³-hybridized carbons (Fsp3) is 0.833. The molecule has 2 fully saturated rings. The molecule has 0 unspecified atom stereocenters. The average Bonchev–Trinajstić information content (AvgIpc) is 2.96. The number of rotatable bonds is 5. The molecule has 0 saturated heterocycles. The van der Waals surface area contributed by atoms with E-state index in [1.165, 1.54) is 63.1 Å². The van der Waals surface area contributed by atoms with Gasteiger partial charge in [0.2, 0.25) is 5.91 Å². The monoisotopic (exact) mass is 350 g/mol. The summed E-state index contributed by atoms with van der Waals surface area (Å²) in [7, 11) is 0. The maximum absolute atomic E-state index is 12.3. The first-order valence-corrected chi connectivity index (χ1v) is 10.5. The van der Waals surface area contributed by atoms with E-state index in [1.54, 1.807) is 0 Å². The molecular formula is C18H30N4OS. The molecule has 3 rings (SSSR count). The zero-order valence-electron chi connectivity index (χ0n) is 15.0. The van der Waals surface area contributed by atoms with Crippen molar-refractivity contribution in [3.05, 3.63) is 5.82 Å². The van der Waals surface area contributed by atoms with E-state index in [1.807, 2.05) is 6.92 Å². The van der Waals surface area contributed by atoms with Crippen LogP contribution in [0.1, 0.15) is 76.6 Å². The molecule has 0 spiro atoms. The standard InChI is InChI=1S/C18H30N4OS/c1-13-8-6-7-11-16(13)19-17(23)12-24-18-21-20-14(2)22(18)15-9-4-3-5-10-15/h13,15-16H,3-12H2,1-2H3,(H,19,23)/t13-,16-/m0/s1. The van der Waals surface area contributed by atoms with E-state index < -0.39 is 0 Å². The summed E-state index contributed by atoms with van der Waals surface area (Å²) in [5.74, 6) is 2.15. The van der Waals surface area contributed by atoms with E-state index in [4.69, 9.17) is 0 Å². The summed E-state index contributed by atoms with van der Waals surface area (Å²) in [5, 5.41) is 12.7. The Labute approximate surface area is 149 Å². The summed E-state index contributed by atoms with van der Waals surface area (Å²) in [5.41, 5.74) is 0. The summed E-state index contributed by atoms with van der Waals surface area (Å²) < 4.78 is 2.26. The number of aromatic nitrogens is 3. The van der Waals surface area contributed by atoms with Crippen molar-refractivity contribution in [2.24, 2.45) is 5.92 Å². The van der Waals surface area contributed by atoms with Crippen LogP contribution in [0.3, 0.4) is 0 Å². The third kappa shape index (κ3) is 4.32. The molecule has 2 aliphatic rings.